The second-order valence-corrected chi connectivity index (χ2v) is 0.815. The molecule has 0 saturated heterocycles. The fourth-order valence-electron chi connectivity index (χ4n) is 0. The minimum atomic E-state index is 0.625. The maximum absolute atomic E-state index is 9.06. The second kappa shape index (κ2) is 18.0. The predicted molar refractivity (Wildman–Crippen MR) is 28.1 cm³/mol. The van der Waals surface area contributed by atoms with Gasteiger partial charge in [-0.1, -0.05) is 0 Å². The molecule has 0 atom stereocenters. The van der Waals surface area contributed by atoms with Crippen LogP contribution in [0.15, 0.2) is 0 Å². The summed E-state index contributed by atoms with van der Waals surface area (Å²) in [6, 6.07) is 0. The lowest BCUT2D eigenvalue weighted by Gasteiger charge is -1.64. The first-order valence-corrected chi connectivity index (χ1v) is 1.84. The van der Waals surface area contributed by atoms with E-state index in [4.69, 9.17) is 4.79 Å². The van der Waals surface area contributed by atoms with Crippen LogP contribution >= 0.6 is 0 Å². The Morgan fingerprint density at radius 1 is 1.57 bits per heavy atom. The fraction of sp³-hybridized carbons (Fsp3) is 0.750. The number of amides is 1. The fourth-order valence-corrected chi connectivity index (χ4v) is 0. The molecular formula is C4H11NO2. The minimum Gasteiger partial charge on any atom is -0.388 e. The largest absolute Gasteiger partial charge is 0.388 e. The smallest absolute Gasteiger partial charge is 0.206 e. The third-order valence-electron chi connectivity index (χ3n) is 0.118. The summed E-state index contributed by atoms with van der Waals surface area (Å²) in [6.07, 6.45) is 0.625. The van der Waals surface area contributed by atoms with Gasteiger partial charge in [0.1, 0.15) is 0 Å². The molecule has 0 fully saturated rings. The lowest BCUT2D eigenvalue weighted by Crippen LogP contribution is -1.98. The predicted octanol–water partition coefficient (Wildman–Crippen LogP) is -0.375. The molecule has 0 rings (SSSR count). The van der Waals surface area contributed by atoms with E-state index in [9.17, 15) is 0 Å². The third-order valence-corrected chi connectivity index (χ3v) is 0.118. The average molecular weight is 105 g/mol. The topological polar surface area (TPSA) is 38.3 Å². The van der Waals surface area contributed by atoms with Crippen LogP contribution in [-0.4, -0.2) is 27.7 Å². The van der Waals surface area contributed by atoms with Gasteiger partial charge in [-0.3, -0.25) is 4.79 Å². The van der Waals surface area contributed by atoms with Gasteiger partial charge < -0.3 is 10.1 Å². The molecular weight excluding hydrogens is 94.0 g/mol. The van der Waals surface area contributed by atoms with Gasteiger partial charge >= 0.3 is 0 Å². The van der Waals surface area contributed by atoms with Crippen molar-refractivity contribution in [1.82, 2.24) is 5.32 Å². The molecule has 3 nitrogen and oxygen atoms in total. The minimum absolute atomic E-state index is 0.625. The van der Waals surface area contributed by atoms with E-state index in [1.54, 1.807) is 21.3 Å². The molecule has 0 aromatic carbocycles. The molecule has 0 heterocycles. The van der Waals surface area contributed by atoms with Crippen LogP contribution in [0.4, 0.5) is 0 Å². The van der Waals surface area contributed by atoms with E-state index in [0.717, 1.165) is 0 Å². The van der Waals surface area contributed by atoms with Gasteiger partial charge in [-0.05, 0) is 0 Å². The molecule has 0 saturated carbocycles. The molecule has 0 aromatic rings. The molecule has 0 radical (unpaired) electrons. The first-order valence-electron chi connectivity index (χ1n) is 1.84. The zero-order valence-electron chi connectivity index (χ0n) is 4.89. The normalized spacial score (nSPS) is 5.57. The van der Waals surface area contributed by atoms with Crippen molar-refractivity contribution in [2.24, 2.45) is 0 Å². The zero-order chi connectivity index (χ0) is 6.12. The van der Waals surface area contributed by atoms with E-state index in [1.165, 1.54) is 0 Å². The van der Waals surface area contributed by atoms with E-state index in [2.05, 4.69) is 10.1 Å². The number of rotatable bonds is 1. The maximum atomic E-state index is 9.06. The highest BCUT2D eigenvalue weighted by Crippen LogP contribution is 1.28. The van der Waals surface area contributed by atoms with Crippen LogP contribution in [0.5, 0.6) is 0 Å². The molecule has 3 heteroatoms. The quantitative estimate of drug-likeness (QED) is 0.462. The Balaban J connectivity index is 0. The summed E-state index contributed by atoms with van der Waals surface area (Å²) in [5.41, 5.74) is 0. The Kier molecular flexibility index (Phi) is 24.9. The summed E-state index contributed by atoms with van der Waals surface area (Å²) in [5.74, 6) is 0. The molecule has 44 valence electrons. The van der Waals surface area contributed by atoms with Gasteiger partial charge in [-0.25, -0.2) is 0 Å². The van der Waals surface area contributed by atoms with Crippen molar-refractivity contribution in [3.05, 3.63) is 0 Å². The van der Waals surface area contributed by atoms with Gasteiger partial charge in [0.05, 0.1) is 0 Å². The number of hydrogen-bond acceptors (Lipinski definition) is 2. The van der Waals surface area contributed by atoms with Crippen LogP contribution in [0.1, 0.15) is 0 Å². The lowest BCUT2D eigenvalue weighted by molar-refractivity contribution is -0.109. The van der Waals surface area contributed by atoms with Crippen LogP contribution in [0.25, 0.3) is 0 Å². The SMILES string of the molecule is CNC=O.COC. The number of carbonyl (C=O) groups excluding carboxylic acids is 1. The van der Waals surface area contributed by atoms with E-state index in [1.807, 2.05) is 0 Å². The Morgan fingerprint density at radius 2 is 1.71 bits per heavy atom. The second-order valence-electron chi connectivity index (χ2n) is 0.815. The molecule has 0 aliphatic heterocycles. The Morgan fingerprint density at radius 3 is 1.71 bits per heavy atom. The number of nitrogens with one attached hydrogen (secondary N) is 1. The van der Waals surface area contributed by atoms with Gasteiger partial charge in [0, 0.05) is 21.3 Å². The van der Waals surface area contributed by atoms with Gasteiger partial charge in [0.15, 0.2) is 0 Å². The van der Waals surface area contributed by atoms with Crippen molar-refractivity contribution in [2.45, 2.75) is 0 Å². The third kappa shape index (κ3) is 346. The van der Waals surface area contributed by atoms with Crippen molar-refractivity contribution in [3.63, 3.8) is 0 Å². The van der Waals surface area contributed by atoms with Crippen LogP contribution in [0.3, 0.4) is 0 Å². The van der Waals surface area contributed by atoms with Crippen LogP contribution in [-0.2, 0) is 9.53 Å². The molecule has 0 bridgehead atoms. The number of methoxy groups -OCH3 is 1. The lowest BCUT2D eigenvalue weighted by atomic mass is 11.2. The molecule has 1 amide bonds. The van der Waals surface area contributed by atoms with Gasteiger partial charge in [0.2, 0.25) is 6.41 Å². The summed E-state index contributed by atoms with van der Waals surface area (Å²) in [4.78, 5) is 9.06. The van der Waals surface area contributed by atoms with Gasteiger partial charge in [0.25, 0.3) is 0 Å². The Bertz CT molecular complexity index is 30.9. The van der Waals surface area contributed by atoms with E-state index < -0.39 is 0 Å². The number of carbonyl (C=O) groups is 1. The monoisotopic (exact) mass is 105 g/mol. The molecule has 0 spiro atoms. The molecule has 7 heavy (non-hydrogen) atoms. The maximum Gasteiger partial charge on any atom is 0.206 e. The highest BCUT2D eigenvalue weighted by molar-refractivity contribution is 5.44. The molecule has 0 aliphatic rings. The van der Waals surface area contributed by atoms with E-state index in [0.29, 0.717) is 6.41 Å². The van der Waals surface area contributed by atoms with E-state index >= 15 is 0 Å². The van der Waals surface area contributed by atoms with E-state index in [-0.39, 0.29) is 0 Å². The Hall–Kier alpha value is -0.570. The van der Waals surface area contributed by atoms with Crippen LogP contribution in [0.2, 0.25) is 0 Å². The average Bonchev–Trinajstić information content (AvgIpc) is 1.69. The highest BCUT2D eigenvalue weighted by atomic mass is 16.4. The molecule has 0 unspecified atom stereocenters. The summed E-state index contributed by atoms with van der Waals surface area (Å²) in [7, 11) is 4.81. The summed E-state index contributed by atoms with van der Waals surface area (Å²) >= 11 is 0. The summed E-state index contributed by atoms with van der Waals surface area (Å²) in [5, 5.41) is 2.25. The van der Waals surface area contributed by atoms with Crippen molar-refractivity contribution in [3.8, 4) is 0 Å². The Labute approximate surface area is 43.7 Å². The number of ether oxygens (including phenoxy) is 1. The highest BCUT2D eigenvalue weighted by Gasteiger charge is 1.43. The molecule has 0 aliphatic carbocycles. The number of hydrogen-bond donors (Lipinski definition) is 1. The van der Waals surface area contributed by atoms with Crippen molar-refractivity contribution in [1.29, 1.82) is 0 Å². The van der Waals surface area contributed by atoms with Crippen molar-refractivity contribution in [2.75, 3.05) is 21.3 Å². The molecule has 1 N–H and O–H groups in total. The molecule has 0 aromatic heterocycles. The summed E-state index contributed by atoms with van der Waals surface area (Å²) in [6.45, 7) is 0. The van der Waals surface area contributed by atoms with Gasteiger partial charge in [-0.2, -0.15) is 0 Å². The first-order chi connectivity index (χ1) is 3.33. The standard InChI is InChI=1S/C2H5NO.C2H6O/c1-3-2-4;1-3-2/h2H,1H3,(H,3,4);1-2H3. The van der Waals surface area contributed by atoms with Gasteiger partial charge in [-0.15, -0.1) is 0 Å². The zero-order valence-corrected chi connectivity index (χ0v) is 4.89. The summed E-state index contributed by atoms with van der Waals surface area (Å²) < 4.78 is 4.25. The van der Waals surface area contributed by atoms with Crippen molar-refractivity contribution >= 4 is 6.41 Å². The van der Waals surface area contributed by atoms with Crippen LogP contribution in [0, 0.1) is 0 Å². The van der Waals surface area contributed by atoms with Crippen molar-refractivity contribution < 1.29 is 9.53 Å². The van der Waals surface area contributed by atoms with Crippen LogP contribution < -0.4 is 5.32 Å². The first kappa shape index (κ1) is 9.66.